The predicted molar refractivity (Wildman–Crippen MR) is 118 cm³/mol. The Morgan fingerprint density at radius 1 is 1.03 bits per heavy atom. The molecule has 0 spiro atoms. The summed E-state index contributed by atoms with van der Waals surface area (Å²) in [6, 6.07) is 12.0. The van der Waals surface area contributed by atoms with Gasteiger partial charge in [0.1, 0.15) is 23.8 Å². The lowest BCUT2D eigenvalue weighted by Gasteiger charge is -2.12. The van der Waals surface area contributed by atoms with Crippen LogP contribution < -0.4 is 19.5 Å². The van der Waals surface area contributed by atoms with Crippen molar-refractivity contribution in [3.05, 3.63) is 52.9 Å². The van der Waals surface area contributed by atoms with Crippen LogP contribution >= 0.6 is 11.8 Å². The van der Waals surface area contributed by atoms with Crippen molar-refractivity contribution >= 4 is 40.6 Å². The van der Waals surface area contributed by atoms with Crippen LogP contribution in [0.15, 0.2) is 47.4 Å². The lowest BCUT2D eigenvalue weighted by atomic mass is 10.2. The molecular formula is C22H22N2O6S. The van der Waals surface area contributed by atoms with Crippen molar-refractivity contribution in [1.82, 2.24) is 4.90 Å². The Bertz CT molecular complexity index is 997. The number of hydrogen-bond acceptors (Lipinski definition) is 7. The maximum absolute atomic E-state index is 12.7. The van der Waals surface area contributed by atoms with Gasteiger partial charge in [0.05, 0.1) is 25.7 Å². The Labute approximate surface area is 184 Å². The van der Waals surface area contributed by atoms with Crippen LogP contribution in [0, 0.1) is 0 Å². The van der Waals surface area contributed by atoms with E-state index in [0.717, 1.165) is 16.7 Å². The highest BCUT2D eigenvalue weighted by Crippen LogP contribution is 2.33. The Morgan fingerprint density at radius 3 is 2.26 bits per heavy atom. The van der Waals surface area contributed by atoms with Crippen molar-refractivity contribution in [2.24, 2.45) is 0 Å². The molecule has 1 fully saturated rings. The number of anilines is 1. The Morgan fingerprint density at radius 2 is 1.68 bits per heavy atom. The fourth-order valence-electron chi connectivity index (χ4n) is 2.85. The van der Waals surface area contributed by atoms with Crippen molar-refractivity contribution in [3.63, 3.8) is 0 Å². The number of benzene rings is 2. The molecule has 1 saturated heterocycles. The van der Waals surface area contributed by atoms with Gasteiger partial charge in [-0.3, -0.25) is 19.3 Å². The van der Waals surface area contributed by atoms with Crippen LogP contribution in [-0.4, -0.2) is 49.3 Å². The monoisotopic (exact) mass is 442 g/mol. The van der Waals surface area contributed by atoms with Gasteiger partial charge in [-0.25, -0.2) is 0 Å². The van der Waals surface area contributed by atoms with E-state index in [9.17, 15) is 14.4 Å². The number of imide groups is 1. The van der Waals surface area contributed by atoms with E-state index in [1.807, 2.05) is 6.92 Å². The number of carbonyl (C=O) groups is 3. The molecule has 0 unspecified atom stereocenters. The first kappa shape index (κ1) is 22.2. The van der Waals surface area contributed by atoms with Crippen LogP contribution in [0.1, 0.15) is 12.5 Å². The minimum Gasteiger partial charge on any atom is -0.497 e. The molecule has 9 heteroatoms. The molecule has 0 bridgehead atoms. The van der Waals surface area contributed by atoms with Crippen molar-refractivity contribution in [1.29, 1.82) is 0 Å². The largest absolute Gasteiger partial charge is 0.497 e. The molecule has 2 aromatic rings. The second-order valence-electron chi connectivity index (χ2n) is 6.42. The number of methoxy groups -OCH3 is 2. The zero-order valence-electron chi connectivity index (χ0n) is 17.3. The van der Waals surface area contributed by atoms with Crippen LogP contribution in [-0.2, 0) is 9.59 Å². The molecule has 1 N–H and O–H groups in total. The highest BCUT2D eigenvalue weighted by Gasteiger charge is 2.36. The summed E-state index contributed by atoms with van der Waals surface area (Å²) >= 11 is 0.780. The molecule has 0 radical (unpaired) electrons. The van der Waals surface area contributed by atoms with E-state index in [2.05, 4.69) is 5.32 Å². The zero-order chi connectivity index (χ0) is 22.4. The second kappa shape index (κ2) is 10.0. The molecule has 0 atom stereocenters. The van der Waals surface area contributed by atoms with Gasteiger partial charge in [-0.1, -0.05) is 0 Å². The van der Waals surface area contributed by atoms with Crippen LogP contribution in [0.3, 0.4) is 0 Å². The minimum atomic E-state index is -0.529. The van der Waals surface area contributed by atoms with Crippen molar-refractivity contribution in [2.75, 3.05) is 32.7 Å². The van der Waals surface area contributed by atoms with Gasteiger partial charge in [0.15, 0.2) is 0 Å². The summed E-state index contributed by atoms with van der Waals surface area (Å²) < 4.78 is 15.8. The van der Waals surface area contributed by atoms with Crippen molar-refractivity contribution in [3.8, 4) is 17.2 Å². The maximum atomic E-state index is 12.7. The number of ether oxygens (including phenoxy) is 3. The molecule has 2 aromatic carbocycles. The second-order valence-corrected chi connectivity index (χ2v) is 7.41. The molecule has 3 amide bonds. The van der Waals surface area contributed by atoms with Crippen LogP contribution in [0.25, 0.3) is 6.08 Å². The van der Waals surface area contributed by atoms with Crippen LogP contribution in [0.4, 0.5) is 10.5 Å². The summed E-state index contributed by atoms with van der Waals surface area (Å²) in [7, 11) is 3.05. The maximum Gasteiger partial charge on any atom is 0.294 e. The first-order chi connectivity index (χ1) is 14.9. The SMILES string of the molecule is CCOc1ccc(NC(=O)CN2C(=O)S/C(=C/c3cc(OC)cc(OC)c3)C2=O)cc1. The lowest BCUT2D eigenvalue weighted by Crippen LogP contribution is -2.36. The van der Waals surface area contributed by atoms with E-state index in [0.29, 0.717) is 35.1 Å². The Kier molecular flexibility index (Phi) is 7.19. The molecule has 31 heavy (non-hydrogen) atoms. The van der Waals surface area contributed by atoms with Gasteiger partial charge in [0.2, 0.25) is 5.91 Å². The van der Waals surface area contributed by atoms with E-state index in [1.54, 1.807) is 48.5 Å². The number of amides is 3. The minimum absolute atomic E-state index is 0.217. The zero-order valence-corrected chi connectivity index (χ0v) is 18.2. The van der Waals surface area contributed by atoms with Crippen molar-refractivity contribution in [2.45, 2.75) is 6.92 Å². The summed E-state index contributed by atoms with van der Waals surface area (Å²) in [6.07, 6.45) is 1.57. The van der Waals surface area contributed by atoms with Gasteiger partial charge in [-0.2, -0.15) is 0 Å². The van der Waals surface area contributed by atoms with E-state index in [1.165, 1.54) is 14.2 Å². The molecule has 1 heterocycles. The lowest BCUT2D eigenvalue weighted by molar-refractivity contribution is -0.127. The number of thioether (sulfide) groups is 1. The average molecular weight is 442 g/mol. The summed E-state index contributed by atoms with van der Waals surface area (Å²) in [5, 5.41) is 2.17. The number of hydrogen-bond donors (Lipinski definition) is 1. The topological polar surface area (TPSA) is 94.2 Å². The third kappa shape index (κ3) is 5.58. The fraction of sp³-hybridized carbons (Fsp3) is 0.227. The van der Waals surface area contributed by atoms with Gasteiger partial charge >= 0.3 is 0 Å². The molecule has 1 aliphatic rings. The van der Waals surface area contributed by atoms with Crippen molar-refractivity contribution < 1.29 is 28.6 Å². The number of rotatable bonds is 8. The summed E-state index contributed by atoms with van der Waals surface area (Å²) in [5.74, 6) is 0.791. The summed E-state index contributed by atoms with van der Waals surface area (Å²) in [6.45, 7) is 2.04. The third-order valence-electron chi connectivity index (χ3n) is 4.30. The smallest absolute Gasteiger partial charge is 0.294 e. The van der Waals surface area contributed by atoms with Gasteiger partial charge in [0.25, 0.3) is 11.1 Å². The van der Waals surface area contributed by atoms with Crippen LogP contribution in [0.5, 0.6) is 17.2 Å². The van der Waals surface area contributed by atoms with E-state index >= 15 is 0 Å². The average Bonchev–Trinajstić information content (AvgIpc) is 3.02. The number of nitrogens with one attached hydrogen (secondary N) is 1. The first-order valence-corrected chi connectivity index (χ1v) is 10.3. The van der Waals surface area contributed by atoms with E-state index in [-0.39, 0.29) is 11.4 Å². The quantitative estimate of drug-likeness (QED) is 0.622. The van der Waals surface area contributed by atoms with Gasteiger partial charge < -0.3 is 19.5 Å². The standard InChI is InChI=1S/C22H22N2O6S/c1-4-30-16-7-5-15(6-8-16)23-20(25)13-24-21(26)19(31-22(24)27)11-14-9-17(28-2)12-18(10-14)29-3/h5-12H,4,13H2,1-3H3,(H,23,25)/b19-11+. The normalized spacial score (nSPS) is 14.7. The third-order valence-corrected chi connectivity index (χ3v) is 5.20. The number of nitrogens with zero attached hydrogens (tertiary/aromatic N) is 1. The molecule has 162 valence electrons. The molecule has 3 rings (SSSR count). The fourth-order valence-corrected chi connectivity index (χ4v) is 3.68. The van der Waals surface area contributed by atoms with Gasteiger partial charge in [0, 0.05) is 11.8 Å². The Hall–Kier alpha value is -3.46. The highest BCUT2D eigenvalue weighted by molar-refractivity contribution is 8.18. The highest BCUT2D eigenvalue weighted by atomic mass is 32.2. The van der Waals surface area contributed by atoms with E-state index in [4.69, 9.17) is 14.2 Å². The first-order valence-electron chi connectivity index (χ1n) is 9.44. The molecule has 0 saturated carbocycles. The molecule has 0 aromatic heterocycles. The summed E-state index contributed by atoms with van der Waals surface area (Å²) in [4.78, 5) is 38.5. The van der Waals surface area contributed by atoms with Crippen LogP contribution in [0.2, 0.25) is 0 Å². The number of carbonyl (C=O) groups excluding carboxylic acids is 3. The Balaban J connectivity index is 1.68. The van der Waals surface area contributed by atoms with E-state index < -0.39 is 17.1 Å². The summed E-state index contributed by atoms with van der Waals surface area (Å²) in [5.41, 5.74) is 1.18. The molecular weight excluding hydrogens is 420 g/mol. The van der Waals surface area contributed by atoms with Gasteiger partial charge in [-0.05, 0) is 66.7 Å². The van der Waals surface area contributed by atoms with Gasteiger partial charge in [-0.15, -0.1) is 0 Å². The molecule has 8 nitrogen and oxygen atoms in total. The molecule has 1 aliphatic heterocycles. The molecule has 0 aliphatic carbocycles. The predicted octanol–water partition coefficient (Wildman–Crippen LogP) is 3.78.